The number of hydrogen-bond acceptors (Lipinski definition) is 1. The molecule has 2 aliphatic rings. The lowest BCUT2D eigenvalue weighted by atomic mass is 9.70. The molecule has 0 N–H and O–H groups in total. The fourth-order valence-electron chi connectivity index (χ4n) is 8.19. The third kappa shape index (κ3) is 3.33. The highest BCUT2D eigenvalue weighted by Gasteiger charge is 2.52. The number of aromatic nitrogens is 2. The lowest BCUT2D eigenvalue weighted by Crippen LogP contribution is -2.26. The number of fused-ring (bicyclic) bond motifs is 13. The van der Waals surface area contributed by atoms with Gasteiger partial charge in [0.2, 0.25) is 0 Å². The third-order valence-corrected chi connectivity index (χ3v) is 10.1. The standard InChI is InChI=1S/C44H28N2/c1-5-14-37-32(10-1)33-11-2-6-15-38(33)44(37)39-16-9-27-45-43(39)36-26-23-30(28-40(36)44)20-19-29-21-24-31(25-22-29)46-41-17-7-3-12-34(41)35-13-4-8-18-42(35)46/h1-28H. The summed E-state index contributed by atoms with van der Waals surface area (Å²) in [6, 6.07) is 55.2. The molecule has 2 heterocycles. The quantitative estimate of drug-likeness (QED) is 0.189. The van der Waals surface area contributed by atoms with Crippen LogP contribution in [0.3, 0.4) is 0 Å². The van der Waals surface area contributed by atoms with Crippen LogP contribution in [0.15, 0.2) is 158 Å². The Morgan fingerprint density at radius 3 is 1.72 bits per heavy atom. The van der Waals surface area contributed by atoms with Crippen LogP contribution in [0.2, 0.25) is 0 Å². The van der Waals surface area contributed by atoms with Gasteiger partial charge in [-0.1, -0.05) is 127 Å². The number of rotatable bonds is 3. The maximum atomic E-state index is 4.94. The van der Waals surface area contributed by atoms with Crippen molar-refractivity contribution in [1.29, 1.82) is 0 Å². The van der Waals surface area contributed by atoms with Crippen LogP contribution in [0.1, 0.15) is 33.4 Å². The average molecular weight is 585 g/mol. The van der Waals surface area contributed by atoms with Crippen LogP contribution in [0.25, 0.3) is 62.0 Å². The van der Waals surface area contributed by atoms with Crippen molar-refractivity contribution in [1.82, 2.24) is 9.55 Å². The van der Waals surface area contributed by atoms with E-state index in [-0.39, 0.29) is 5.41 Å². The van der Waals surface area contributed by atoms with Crippen LogP contribution < -0.4 is 0 Å². The van der Waals surface area contributed by atoms with Crippen LogP contribution in [0, 0.1) is 0 Å². The Morgan fingerprint density at radius 1 is 0.457 bits per heavy atom. The molecule has 2 heteroatoms. The first kappa shape index (κ1) is 25.3. The Morgan fingerprint density at radius 2 is 1.02 bits per heavy atom. The highest BCUT2D eigenvalue weighted by molar-refractivity contribution is 6.09. The largest absolute Gasteiger partial charge is 0.309 e. The van der Waals surface area contributed by atoms with Crippen LogP contribution >= 0.6 is 0 Å². The van der Waals surface area contributed by atoms with Gasteiger partial charge in [0.25, 0.3) is 0 Å². The van der Waals surface area contributed by atoms with Gasteiger partial charge >= 0.3 is 0 Å². The van der Waals surface area contributed by atoms with Crippen molar-refractivity contribution in [2.75, 3.05) is 0 Å². The molecule has 10 rings (SSSR count). The van der Waals surface area contributed by atoms with Gasteiger partial charge in [-0.3, -0.25) is 4.98 Å². The molecule has 0 radical (unpaired) electrons. The lowest BCUT2D eigenvalue weighted by Gasteiger charge is -2.30. The van der Waals surface area contributed by atoms with E-state index in [9.17, 15) is 0 Å². The first-order valence-electron chi connectivity index (χ1n) is 15.9. The Hall–Kier alpha value is -5.99. The van der Waals surface area contributed by atoms with Crippen molar-refractivity contribution in [2.24, 2.45) is 0 Å². The predicted molar refractivity (Wildman–Crippen MR) is 190 cm³/mol. The summed E-state index contributed by atoms with van der Waals surface area (Å²) in [5.74, 6) is 0. The molecule has 46 heavy (non-hydrogen) atoms. The second-order valence-corrected chi connectivity index (χ2v) is 12.3. The Balaban J connectivity index is 1.07. The van der Waals surface area contributed by atoms with Crippen molar-refractivity contribution in [3.05, 3.63) is 191 Å². The molecular formula is C44H28N2. The van der Waals surface area contributed by atoms with Gasteiger partial charge in [-0.05, 0) is 80.9 Å². The van der Waals surface area contributed by atoms with E-state index in [1.165, 1.54) is 71.9 Å². The first-order chi connectivity index (χ1) is 22.8. The van der Waals surface area contributed by atoms with Crippen molar-refractivity contribution in [2.45, 2.75) is 5.41 Å². The fraction of sp³-hybridized carbons (Fsp3) is 0.0227. The molecule has 0 amide bonds. The second-order valence-electron chi connectivity index (χ2n) is 12.3. The molecule has 0 unspecified atom stereocenters. The summed E-state index contributed by atoms with van der Waals surface area (Å²) < 4.78 is 2.36. The number of nitrogens with zero attached hydrogens (tertiary/aromatic N) is 2. The molecule has 0 aliphatic heterocycles. The highest BCUT2D eigenvalue weighted by Crippen LogP contribution is 2.62. The number of pyridine rings is 1. The minimum atomic E-state index is -0.375. The molecule has 0 atom stereocenters. The summed E-state index contributed by atoms with van der Waals surface area (Å²) in [6.07, 6.45) is 6.39. The lowest BCUT2D eigenvalue weighted by molar-refractivity contribution is 0.791. The van der Waals surface area contributed by atoms with E-state index in [1.54, 1.807) is 0 Å². The Kier molecular flexibility index (Phi) is 5.24. The van der Waals surface area contributed by atoms with Crippen LogP contribution in [-0.2, 0) is 5.41 Å². The summed E-state index contributed by atoms with van der Waals surface area (Å²) in [7, 11) is 0. The summed E-state index contributed by atoms with van der Waals surface area (Å²) in [6.45, 7) is 0. The average Bonchev–Trinajstić information content (AvgIpc) is 3.73. The van der Waals surface area contributed by atoms with E-state index in [1.807, 2.05) is 6.20 Å². The van der Waals surface area contributed by atoms with Crippen molar-refractivity contribution >= 4 is 34.0 Å². The number of para-hydroxylation sites is 2. The Labute approximate surface area is 267 Å². The van der Waals surface area contributed by atoms with Gasteiger partial charge in [0.15, 0.2) is 0 Å². The van der Waals surface area contributed by atoms with E-state index in [2.05, 4.69) is 168 Å². The molecule has 0 bridgehead atoms. The molecule has 214 valence electrons. The molecule has 0 saturated heterocycles. The van der Waals surface area contributed by atoms with E-state index in [0.717, 1.165) is 11.4 Å². The second kappa shape index (κ2) is 9.50. The summed E-state index contributed by atoms with van der Waals surface area (Å²) >= 11 is 0. The zero-order valence-corrected chi connectivity index (χ0v) is 25.1. The van der Waals surface area contributed by atoms with E-state index in [0.29, 0.717) is 0 Å². The number of hydrogen-bond donors (Lipinski definition) is 0. The topological polar surface area (TPSA) is 17.8 Å². The van der Waals surface area contributed by atoms with Gasteiger partial charge < -0.3 is 4.57 Å². The van der Waals surface area contributed by atoms with E-state index in [4.69, 9.17) is 4.98 Å². The summed E-state index contributed by atoms with van der Waals surface area (Å²) in [4.78, 5) is 4.94. The molecule has 2 aromatic heterocycles. The molecule has 6 aromatic carbocycles. The van der Waals surface area contributed by atoms with Gasteiger partial charge in [-0.15, -0.1) is 0 Å². The van der Waals surface area contributed by atoms with Crippen LogP contribution in [-0.4, -0.2) is 9.55 Å². The van der Waals surface area contributed by atoms with E-state index < -0.39 is 0 Å². The Bertz CT molecular complexity index is 2410. The third-order valence-electron chi connectivity index (χ3n) is 10.1. The molecule has 0 fully saturated rings. The van der Waals surface area contributed by atoms with Gasteiger partial charge in [-0.25, -0.2) is 0 Å². The normalized spacial score (nSPS) is 13.7. The summed E-state index contributed by atoms with van der Waals surface area (Å²) in [5.41, 5.74) is 15.8. The van der Waals surface area contributed by atoms with Gasteiger partial charge in [-0.2, -0.15) is 0 Å². The molecular weight excluding hydrogens is 556 g/mol. The highest BCUT2D eigenvalue weighted by atomic mass is 15.0. The molecule has 8 aromatic rings. The number of benzene rings is 6. The van der Waals surface area contributed by atoms with Gasteiger partial charge in [0.1, 0.15) is 0 Å². The fourth-order valence-corrected chi connectivity index (χ4v) is 8.19. The van der Waals surface area contributed by atoms with Crippen molar-refractivity contribution in [3.8, 4) is 28.1 Å². The molecule has 2 nitrogen and oxygen atoms in total. The van der Waals surface area contributed by atoms with Gasteiger partial charge in [0, 0.05) is 28.2 Å². The van der Waals surface area contributed by atoms with Crippen molar-refractivity contribution < 1.29 is 0 Å². The summed E-state index contributed by atoms with van der Waals surface area (Å²) in [5, 5.41) is 2.56. The maximum absolute atomic E-state index is 4.94. The SMILES string of the molecule is C(=Cc1ccc2c(c1)C1(c3ccccc3-c3ccccc31)c1cccnc1-2)c1ccc(-n2c3ccccc3c3ccccc32)cc1. The smallest absolute Gasteiger partial charge is 0.0753 e. The molecule has 0 saturated carbocycles. The van der Waals surface area contributed by atoms with Crippen LogP contribution in [0.5, 0.6) is 0 Å². The maximum Gasteiger partial charge on any atom is 0.0753 e. The molecule has 1 spiro atoms. The molecule has 2 aliphatic carbocycles. The minimum absolute atomic E-state index is 0.375. The van der Waals surface area contributed by atoms with Crippen molar-refractivity contribution in [3.63, 3.8) is 0 Å². The minimum Gasteiger partial charge on any atom is -0.309 e. The van der Waals surface area contributed by atoms with E-state index >= 15 is 0 Å². The zero-order chi connectivity index (χ0) is 30.2. The first-order valence-corrected chi connectivity index (χ1v) is 15.9. The zero-order valence-electron chi connectivity index (χ0n) is 25.1. The predicted octanol–water partition coefficient (Wildman–Crippen LogP) is 10.7. The monoisotopic (exact) mass is 584 g/mol. The van der Waals surface area contributed by atoms with Crippen LogP contribution in [0.4, 0.5) is 0 Å². The van der Waals surface area contributed by atoms with Gasteiger partial charge in [0.05, 0.1) is 22.1 Å².